The number of halogens is 5. The summed E-state index contributed by atoms with van der Waals surface area (Å²) in [6, 6.07) is 0. The van der Waals surface area contributed by atoms with Crippen molar-refractivity contribution in [2.24, 2.45) is 0 Å². The lowest BCUT2D eigenvalue weighted by Gasteiger charge is -1.99. The number of hydrogen-bond acceptors (Lipinski definition) is 2. The predicted molar refractivity (Wildman–Crippen MR) is 31.9 cm³/mol. The molecule has 0 N–H and O–H groups in total. The standard InChI is InChI=1S/C5HClF4N2/c6-1-3(9)11-5(2(7)8)12-4(1)10/h2H. The molecular formula is C5HClF4N2. The highest BCUT2D eigenvalue weighted by molar-refractivity contribution is 6.30. The monoisotopic (exact) mass is 200 g/mol. The third-order valence-electron chi connectivity index (χ3n) is 0.983. The molecule has 0 aliphatic heterocycles. The first-order valence-corrected chi connectivity index (χ1v) is 3.06. The topological polar surface area (TPSA) is 25.8 Å². The quantitative estimate of drug-likeness (QED) is 0.514. The van der Waals surface area contributed by atoms with Crippen molar-refractivity contribution in [1.29, 1.82) is 0 Å². The lowest BCUT2D eigenvalue weighted by atomic mass is 10.5. The molecule has 0 aliphatic carbocycles. The van der Waals surface area contributed by atoms with Gasteiger partial charge in [-0.15, -0.1) is 0 Å². The first kappa shape index (κ1) is 9.18. The Morgan fingerprint density at radius 2 is 1.50 bits per heavy atom. The van der Waals surface area contributed by atoms with Crippen molar-refractivity contribution in [3.8, 4) is 0 Å². The third-order valence-corrected chi connectivity index (χ3v) is 1.29. The molecule has 0 spiro atoms. The fourth-order valence-electron chi connectivity index (χ4n) is 0.507. The van der Waals surface area contributed by atoms with Crippen molar-refractivity contribution < 1.29 is 17.6 Å². The van der Waals surface area contributed by atoms with Gasteiger partial charge in [-0.25, -0.2) is 8.78 Å². The minimum absolute atomic E-state index is 0.987. The van der Waals surface area contributed by atoms with Crippen LogP contribution in [0.3, 0.4) is 0 Å². The summed E-state index contributed by atoms with van der Waals surface area (Å²) in [5.41, 5.74) is 0. The van der Waals surface area contributed by atoms with Gasteiger partial charge < -0.3 is 0 Å². The van der Waals surface area contributed by atoms with Crippen LogP contribution in [0.1, 0.15) is 12.2 Å². The van der Waals surface area contributed by atoms with Gasteiger partial charge in [0.1, 0.15) is 0 Å². The molecule has 0 saturated heterocycles. The summed E-state index contributed by atoms with van der Waals surface area (Å²) in [5.74, 6) is -4.19. The predicted octanol–water partition coefficient (Wildman–Crippen LogP) is 2.35. The second kappa shape index (κ2) is 3.22. The van der Waals surface area contributed by atoms with Gasteiger partial charge in [-0.05, 0) is 0 Å². The molecule has 0 saturated carbocycles. The van der Waals surface area contributed by atoms with Crippen LogP contribution in [0.2, 0.25) is 5.02 Å². The first-order valence-electron chi connectivity index (χ1n) is 2.69. The second-order valence-electron chi connectivity index (χ2n) is 1.78. The fraction of sp³-hybridized carbons (Fsp3) is 0.200. The Morgan fingerprint density at radius 3 is 1.83 bits per heavy atom. The molecule has 0 aliphatic rings. The summed E-state index contributed by atoms with van der Waals surface area (Å²) in [6.45, 7) is 0. The van der Waals surface area contributed by atoms with Crippen molar-refractivity contribution in [3.05, 3.63) is 22.7 Å². The van der Waals surface area contributed by atoms with E-state index in [1.54, 1.807) is 0 Å². The van der Waals surface area contributed by atoms with Crippen molar-refractivity contribution in [1.82, 2.24) is 9.97 Å². The van der Waals surface area contributed by atoms with Crippen LogP contribution in [-0.2, 0) is 0 Å². The number of rotatable bonds is 1. The van der Waals surface area contributed by atoms with Gasteiger partial charge in [0.25, 0.3) is 6.43 Å². The zero-order chi connectivity index (χ0) is 9.30. The van der Waals surface area contributed by atoms with E-state index < -0.39 is 29.2 Å². The van der Waals surface area contributed by atoms with Gasteiger partial charge in [-0.3, -0.25) is 0 Å². The maximum absolute atomic E-state index is 12.3. The Labute approximate surface area is 69.2 Å². The van der Waals surface area contributed by atoms with E-state index in [2.05, 4.69) is 9.97 Å². The number of nitrogens with zero attached hydrogens (tertiary/aromatic N) is 2. The molecular weight excluding hydrogens is 200 g/mol. The molecule has 0 fully saturated rings. The zero-order valence-corrected chi connectivity index (χ0v) is 6.12. The molecule has 0 unspecified atom stereocenters. The molecule has 12 heavy (non-hydrogen) atoms. The van der Waals surface area contributed by atoms with Crippen LogP contribution in [-0.4, -0.2) is 9.97 Å². The molecule has 1 aromatic heterocycles. The summed E-state index contributed by atoms with van der Waals surface area (Å²) in [7, 11) is 0. The van der Waals surface area contributed by atoms with Crippen LogP contribution in [0.15, 0.2) is 0 Å². The van der Waals surface area contributed by atoms with Gasteiger partial charge in [0.2, 0.25) is 17.7 Å². The van der Waals surface area contributed by atoms with Crippen LogP contribution in [0.4, 0.5) is 17.6 Å². The van der Waals surface area contributed by atoms with E-state index in [1.807, 2.05) is 0 Å². The number of aromatic nitrogens is 2. The minimum Gasteiger partial charge on any atom is -0.201 e. The highest BCUT2D eigenvalue weighted by Crippen LogP contribution is 2.20. The van der Waals surface area contributed by atoms with Gasteiger partial charge in [-0.2, -0.15) is 18.7 Å². The van der Waals surface area contributed by atoms with Crippen molar-refractivity contribution in [2.75, 3.05) is 0 Å². The van der Waals surface area contributed by atoms with Crippen molar-refractivity contribution in [2.45, 2.75) is 6.43 Å². The van der Waals surface area contributed by atoms with Gasteiger partial charge in [0.05, 0.1) is 0 Å². The van der Waals surface area contributed by atoms with E-state index in [-0.39, 0.29) is 0 Å². The SMILES string of the molecule is Fc1nc(C(F)F)nc(F)c1Cl. The van der Waals surface area contributed by atoms with Crippen LogP contribution in [0.25, 0.3) is 0 Å². The molecule has 66 valence electrons. The van der Waals surface area contributed by atoms with Crippen molar-refractivity contribution in [3.63, 3.8) is 0 Å². The first-order chi connectivity index (χ1) is 5.52. The Kier molecular flexibility index (Phi) is 2.46. The largest absolute Gasteiger partial charge is 0.297 e. The van der Waals surface area contributed by atoms with Gasteiger partial charge in [-0.1, -0.05) is 11.6 Å². The van der Waals surface area contributed by atoms with Crippen LogP contribution < -0.4 is 0 Å². The Morgan fingerprint density at radius 1 is 1.08 bits per heavy atom. The van der Waals surface area contributed by atoms with Gasteiger partial charge in [0, 0.05) is 0 Å². The average Bonchev–Trinajstić information content (AvgIpc) is 1.99. The second-order valence-corrected chi connectivity index (χ2v) is 2.16. The van der Waals surface area contributed by atoms with Gasteiger partial charge >= 0.3 is 0 Å². The molecule has 0 bridgehead atoms. The molecule has 0 radical (unpaired) electrons. The normalized spacial score (nSPS) is 10.8. The van der Waals surface area contributed by atoms with Crippen LogP contribution in [0, 0.1) is 11.9 Å². The highest BCUT2D eigenvalue weighted by atomic mass is 35.5. The van der Waals surface area contributed by atoms with Gasteiger partial charge in [0.15, 0.2) is 5.02 Å². The number of alkyl halides is 2. The number of hydrogen-bond donors (Lipinski definition) is 0. The molecule has 0 atom stereocenters. The summed E-state index contributed by atoms with van der Waals surface area (Å²) in [6.07, 6.45) is -3.12. The van der Waals surface area contributed by atoms with E-state index in [4.69, 9.17) is 11.6 Å². The van der Waals surface area contributed by atoms with E-state index >= 15 is 0 Å². The summed E-state index contributed by atoms with van der Waals surface area (Å²) in [4.78, 5) is 5.27. The van der Waals surface area contributed by atoms with E-state index in [0.717, 1.165) is 0 Å². The molecule has 0 amide bonds. The highest BCUT2D eigenvalue weighted by Gasteiger charge is 2.17. The van der Waals surface area contributed by atoms with E-state index in [1.165, 1.54) is 0 Å². The molecule has 1 heterocycles. The lowest BCUT2D eigenvalue weighted by Crippen LogP contribution is -2.02. The van der Waals surface area contributed by atoms with Crippen molar-refractivity contribution >= 4 is 11.6 Å². The minimum atomic E-state index is -3.12. The molecule has 0 aromatic carbocycles. The third kappa shape index (κ3) is 1.63. The lowest BCUT2D eigenvalue weighted by molar-refractivity contribution is 0.137. The smallest absolute Gasteiger partial charge is 0.201 e. The summed E-state index contributed by atoms with van der Waals surface area (Å²) < 4.78 is 48.2. The Balaban J connectivity index is 3.21. The molecule has 7 heteroatoms. The Bertz CT molecular complexity index is 280. The van der Waals surface area contributed by atoms with Crippen LogP contribution >= 0.6 is 11.6 Å². The van der Waals surface area contributed by atoms with E-state index in [9.17, 15) is 17.6 Å². The average molecular weight is 201 g/mol. The summed E-state index contributed by atoms with van der Waals surface area (Å²) in [5, 5.41) is -0.987. The maximum atomic E-state index is 12.3. The maximum Gasteiger partial charge on any atom is 0.297 e. The molecule has 1 rings (SSSR count). The fourth-order valence-corrected chi connectivity index (χ4v) is 0.592. The van der Waals surface area contributed by atoms with Crippen LogP contribution in [0.5, 0.6) is 0 Å². The zero-order valence-electron chi connectivity index (χ0n) is 5.36. The van der Waals surface area contributed by atoms with E-state index in [0.29, 0.717) is 0 Å². The molecule has 2 nitrogen and oxygen atoms in total. The Hall–Kier alpha value is -0.910. The summed E-state index contributed by atoms with van der Waals surface area (Å²) >= 11 is 4.93. The molecule has 1 aromatic rings.